The second-order valence-electron chi connectivity index (χ2n) is 39.8. The van der Waals surface area contributed by atoms with Crippen LogP contribution in [-0.4, -0.2) is 301 Å². The highest BCUT2D eigenvalue weighted by molar-refractivity contribution is 8.76. The summed E-state index contributed by atoms with van der Waals surface area (Å²) >= 11 is 0. The number of hydrogen-bond donors (Lipinski definition) is 12. The van der Waals surface area contributed by atoms with Crippen molar-refractivity contribution in [1.29, 1.82) is 0 Å². The molecular formula is C108H158N12O28S2. The lowest BCUT2D eigenvalue weighted by Gasteiger charge is -2.32. The van der Waals surface area contributed by atoms with Gasteiger partial charge in [-0.05, 0) is 257 Å². The van der Waals surface area contributed by atoms with Gasteiger partial charge in [0, 0.05) is 103 Å². The Hall–Kier alpha value is -12.9. The van der Waals surface area contributed by atoms with Crippen molar-refractivity contribution in [2.24, 2.45) is 0 Å². The molecule has 0 spiro atoms. The first-order chi connectivity index (χ1) is 71.0. The lowest BCUT2D eigenvalue weighted by atomic mass is 10.1. The molecule has 830 valence electrons. The number of aliphatic hydroxyl groups excluding tert-OH is 4. The van der Waals surface area contributed by atoms with Gasteiger partial charge in [-0.2, -0.15) is 0 Å². The van der Waals surface area contributed by atoms with Crippen LogP contribution < -0.4 is 80.4 Å². The number of nitrogens with one attached hydrogen (secondary N) is 8. The van der Waals surface area contributed by atoms with E-state index in [9.17, 15) is 78.0 Å². The second kappa shape index (κ2) is 63.9. The standard InChI is InChI=1S/C108H158N12O28S2/c1-71(121)89(113-101(133)145-105(5,6)7)97(129)117(61-29-63-119(99(131)91(73(3)123)115-103(135)147-107(11,12)13)59-27-55-111-95(127)83-31-25-33-85(141-67-75-35-43-79(137-17)44-36-75)93(83)143-69-77-39-47-81(139-19)48-40-77)57-23-21-53-109-87(125)51-65-149-150-66-52-88(126)110-54-22-24-58-118(98(130)90(72(2)122)114-102(134)146-106(8,9)10)62-30-64-120(100(132)92(74(4)124)116-104(136)148-108(14,15)16)60-28-56-112-96(128)84-32-26-34-86(142-68-76-37-45-80(138-18)46-38-76)94(84)144-70-78-41-49-82(140-20)50-42-78/h25-26,31-50,71-74,89-92,121-124H,21-24,27-30,51-70H2,1-20H3,(H,109,125)(H,110,126)(H,111,127)(H,112,128)(H,113,133)(H,114,134)(H,115,135)(H,116,136)/t71-,72-,73-,74-,89+,90+,91+,92+/m1/s1. The summed E-state index contributed by atoms with van der Waals surface area (Å²) in [6.07, 6.45) is -7.53. The van der Waals surface area contributed by atoms with Crippen molar-refractivity contribution in [3.05, 3.63) is 167 Å². The van der Waals surface area contributed by atoms with E-state index in [1.165, 1.54) is 68.9 Å². The Kier molecular flexibility index (Phi) is 53.6. The predicted molar refractivity (Wildman–Crippen MR) is 570 cm³/mol. The van der Waals surface area contributed by atoms with E-state index >= 15 is 0 Å². The van der Waals surface area contributed by atoms with Crippen molar-refractivity contribution in [1.82, 2.24) is 62.1 Å². The maximum atomic E-state index is 14.7. The Bertz CT molecular complexity index is 4890. The number of carbonyl (C=O) groups excluding carboxylic acids is 12. The quantitative estimate of drug-likeness (QED) is 0.00958. The summed E-state index contributed by atoms with van der Waals surface area (Å²) < 4.78 is 68.5. The molecule has 0 aliphatic rings. The third kappa shape index (κ3) is 47.5. The van der Waals surface area contributed by atoms with Crippen LogP contribution in [0.3, 0.4) is 0 Å². The van der Waals surface area contributed by atoms with Gasteiger partial charge in [-0.3, -0.25) is 38.4 Å². The van der Waals surface area contributed by atoms with Crippen LogP contribution in [0.15, 0.2) is 133 Å². The lowest BCUT2D eigenvalue weighted by molar-refractivity contribution is -0.138. The molecule has 0 saturated carbocycles. The number of hydrogen-bond acceptors (Lipinski definition) is 30. The van der Waals surface area contributed by atoms with Gasteiger partial charge in [-0.15, -0.1) is 0 Å². The Morgan fingerprint density at radius 2 is 0.533 bits per heavy atom. The largest absolute Gasteiger partial charge is 0.497 e. The number of rotatable bonds is 63. The van der Waals surface area contributed by atoms with Crippen molar-refractivity contribution >= 4 is 93.2 Å². The first-order valence-electron chi connectivity index (χ1n) is 50.5. The summed E-state index contributed by atoms with van der Waals surface area (Å²) in [5, 5.41) is 66.1. The van der Waals surface area contributed by atoms with Gasteiger partial charge in [0.15, 0.2) is 23.0 Å². The fourth-order valence-electron chi connectivity index (χ4n) is 14.8. The monoisotopic (exact) mass is 2140 g/mol. The highest BCUT2D eigenvalue weighted by Crippen LogP contribution is 2.36. The molecule has 150 heavy (non-hydrogen) atoms. The Morgan fingerprint density at radius 1 is 0.300 bits per heavy atom. The number of alkyl carbamates (subject to hydrolysis) is 4. The van der Waals surface area contributed by atoms with Gasteiger partial charge in [-0.1, -0.05) is 82.3 Å². The molecule has 12 N–H and O–H groups in total. The van der Waals surface area contributed by atoms with Crippen LogP contribution in [0.1, 0.15) is 218 Å². The molecule has 0 aliphatic heterocycles. The molecule has 12 amide bonds. The van der Waals surface area contributed by atoms with Crippen LogP contribution in [0, 0.1) is 0 Å². The summed E-state index contributed by atoms with van der Waals surface area (Å²) in [5.74, 6) is -0.0421. The first kappa shape index (κ1) is 126. The Balaban J connectivity index is 1.06. The minimum Gasteiger partial charge on any atom is -0.497 e. The van der Waals surface area contributed by atoms with E-state index in [1.807, 2.05) is 48.5 Å². The lowest BCUT2D eigenvalue weighted by Crippen LogP contribution is -2.56. The number of benzene rings is 6. The molecule has 0 aliphatic carbocycles. The number of amides is 12. The second-order valence-corrected chi connectivity index (χ2v) is 42.5. The first-order valence-corrected chi connectivity index (χ1v) is 53.0. The highest BCUT2D eigenvalue weighted by atomic mass is 33.1. The number of para-hydroxylation sites is 2. The molecule has 0 saturated heterocycles. The third-order valence-corrected chi connectivity index (χ3v) is 24.7. The topological polar surface area (TPSA) is 506 Å². The minimum atomic E-state index is -1.52. The van der Waals surface area contributed by atoms with Crippen molar-refractivity contribution in [3.63, 3.8) is 0 Å². The average molecular weight is 2140 g/mol. The fourth-order valence-corrected chi connectivity index (χ4v) is 16.7. The minimum absolute atomic E-state index is 0.00440. The zero-order valence-corrected chi connectivity index (χ0v) is 91.9. The van der Waals surface area contributed by atoms with Gasteiger partial charge < -0.3 is 139 Å². The summed E-state index contributed by atoms with van der Waals surface area (Å²) in [6.45, 7) is 25.5. The van der Waals surface area contributed by atoms with Crippen molar-refractivity contribution in [2.75, 3.05) is 118 Å². The zero-order chi connectivity index (χ0) is 111. The van der Waals surface area contributed by atoms with Crippen LogP contribution in [0.5, 0.6) is 46.0 Å². The highest BCUT2D eigenvalue weighted by Gasteiger charge is 2.38. The predicted octanol–water partition coefficient (Wildman–Crippen LogP) is 12.1. The van der Waals surface area contributed by atoms with Crippen molar-refractivity contribution in [3.8, 4) is 46.0 Å². The van der Waals surface area contributed by atoms with Gasteiger partial charge in [0.2, 0.25) is 35.4 Å². The maximum Gasteiger partial charge on any atom is 0.408 e. The van der Waals surface area contributed by atoms with Crippen LogP contribution in [0.2, 0.25) is 0 Å². The molecule has 0 heterocycles. The number of nitrogens with zero attached hydrogens (tertiary/aromatic N) is 4. The van der Waals surface area contributed by atoms with E-state index in [1.54, 1.807) is 196 Å². The zero-order valence-electron chi connectivity index (χ0n) is 90.3. The van der Waals surface area contributed by atoms with E-state index < -0.39 is 131 Å². The molecule has 6 aromatic carbocycles. The SMILES string of the molecule is COc1ccc(COc2cccc(C(=O)NCCCN(CCCN(CCCCNC(=O)CCSSCCC(=O)NCCCCN(CCCN(CCCNC(=O)c3cccc(OCc4ccc(OC)cc4)c3OCc3ccc(OC)cc3)C(=O)[C@@H](NC(=O)OC(C)(C)C)[C@@H](C)O)C(=O)[C@@H](NC(=O)OC(C)(C)C)[C@@H](C)O)C(=O)[C@@H](NC(=O)OC(C)(C)C)[C@@H](C)O)C(=O)[C@@H](NC(=O)OC(C)(C)C)[C@@H](C)O)c2OCc2ccc(OC)cc2)cc1. The summed E-state index contributed by atoms with van der Waals surface area (Å²) in [4.78, 5) is 173. The fraction of sp³-hybridized carbons (Fsp3) is 0.556. The van der Waals surface area contributed by atoms with Gasteiger partial charge >= 0.3 is 24.4 Å². The molecular weight excluding hydrogens is 1980 g/mol. The molecule has 6 aromatic rings. The smallest absolute Gasteiger partial charge is 0.408 e. The Morgan fingerprint density at radius 3 is 0.773 bits per heavy atom. The number of ether oxygens (including phenoxy) is 12. The molecule has 0 radical (unpaired) electrons. The Labute approximate surface area is 889 Å². The molecule has 42 heteroatoms. The van der Waals surface area contributed by atoms with Gasteiger partial charge in [0.05, 0.1) is 64.0 Å². The molecule has 40 nitrogen and oxygen atoms in total. The van der Waals surface area contributed by atoms with E-state index in [4.69, 9.17) is 56.8 Å². The summed E-state index contributed by atoms with van der Waals surface area (Å²) in [5.41, 5.74) is -0.400. The van der Waals surface area contributed by atoms with Gasteiger partial charge in [0.25, 0.3) is 11.8 Å². The van der Waals surface area contributed by atoms with Crippen LogP contribution in [0.25, 0.3) is 0 Å². The van der Waals surface area contributed by atoms with Gasteiger partial charge in [0.1, 0.15) is 96.0 Å². The van der Waals surface area contributed by atoms with Gasteiger partial charge in [-0.25, -0.2) is 19.2 Å². The van der Waals surface area contributed by atoms with Crippen LogP contribution in [0.4, 0.5) is 19.2 Å². The van der Waals surface area contributed by atoms with E-state index in [0.29, 0.717) is 60.2 Å². The summed E-state index contributed by atoms with van der Waals surface area (Å²) in [6, 6.07) is 32.9. The number of aliphatic hydroxyl groups is 4. The molecule has 0 bridgehead atoms. The normalized spacial score (nSPS) is 13.0. The molecule has 0 unspecified atom stereocenters. The van der Waals surface area contributed by atoms with E-state index in [2.05, 4.69) is 42.5 Å². The number of methoxy groups -OCH3 is 4. The van der Waals surface area contributed by atoms with Crippen LogP contribution >= 0.6 is 21.6 Å². The van der Waals surface area contributed by atoms with E-state index in [0.717, 1.165) is 22.3 Å². The molecule has 6 rings (SSSR count). The third-order valence-electron chi connectivity index (χ3n) is 22.3. The van der Waals surface area contributed by atoms with Crippen molar-refractivity contribution < 1.29 is 135 Å². The molecule has 0 aromatic heterocycles. The van der Waals surface area contributed by atoms with Crippen LogP contribution in [-0.2, 0) is 74.1 Å². The maximum absolute atomic E-state index is 14.7. The van der Waals surface area contributed by atoms with E-state index in [-0.39, 0.29) is 189 Å². The molecule has 8 atom stereocenters. The molecule has 0 fully saturated rings. The average Bonchev–Trinajstić information content (AvgIpc) is 0.823. The van der Waals surface area contributed by atoms with Crippen molar-refractivity contribution in [2.45, 2.75) is 272 Å². The number of carbonyl (C=O) groups is 12. The number of unbranched alkanes of at least 4 members (excludes halogenated alkanes) is 2. The summed E-state index contributed by atoms with van der Waals surface area (Å²) in [7, 11) is 9.05.